The number of amides is 3. The molecule has 6 rings (SSSR count). The number of thiazole rings is 1. The van der Waals surface area contributed by atoms with Crippen LogP contribution in [0.3, 0.4) is 0 Å². The van der Waals surface area contributed by atoms with E-state index in [1.165, 1.54) is 53.1 Å². The lowest BCUT2D eigenvalue weighted by atomic mass is 9.84. The quantitative estimate of drug-likeness (QED) is 0.203. The van der Waals surface area contributed by atoms with Gasteiger partial charge in [-0.05, 0) is 48.0 Å². The van der Waals surface area contributed by atoms with Crippen molar-refractivity contribution in [2.45, 2.75) is 22.7 Å². The smallest absolute Gasteiger partial charge is 0.308 e. The number of nitrogens with one attached hydrogen (secondary N) is 1. The third-order valence-corrected chi connectivity index (χ3v) is 9.44. The molecule has 1 saturated heterocycles. The Morgan fingerprint density at radius 3 is 2.44 bits per heavy atom. The van der Waals surface area contributed by atoms with E-state index in [4.69, 9.17) is 0 Å². The van der Waals surface area contributed by atoms with E-state index < -0.39 is 50.4 Å². The number of nitro groups is 1. The summed E-state index contributed by atoms with van der Waals surface area (Å²) < 4.78 is 14.5. The van der Waals surface area contributed by atoms with E-state index in [2.05, 4.69) is 10.3 Å². The zero-order valence-electron chi connectivity index (χ0n) is 20.8. The Morgan fingerprint density at radius 2 is 1.78 bits per heavy atom. The number of hydrogen-bond donors (Lipinski definition) is 1. The number of nitrogens with zero attached hydrogens (tertiary/aromatic N) is 4. The molecule has 0 aliphatic carbocycles. The number of anilines is 2. The third-order valence-electron chi connectivity index (χ3n) is 6.84. The van der Waals surface area contributed by atoms with Crippen molar-refractivity contribution in [1.82, 2.24) is 9.55 Å². The van der Waals surface area contributed by atoms with Gasteiger partial charge in [-0.15, -0.1) is 0 Å². The molecule has 3 atom stereocenters. The number of carbonyl (C=O) groups excluding carboxylic acids is 3. The number of benzene rings is 2. The highest BCUT2D eigenvalue weighted by Crippen LogP contribution is 2.53. The molecule has 4 aromatic rings. The van der Waals surface area contributed by atoms with Crippen molar-refractivity contribution in [3.8, 4) is 0 Å². The van der Waals surface area contributed by atoms with Crippen molar-refractivity contribution in [2.24, 2.45) is 5.92 Å². The summed E-state index contributed by atoms with van der Waals surface area (Å²) >= 11 is 1.94. The Bertz CT molecular complexity index is 1760. The van der Waals surface area contributed by atoms with Crippen LogP contribution in [-0.2, 0) is 20.9 Å². The maximum absolute atomic E-state index is 13.8. The van der Waals surface area contributed by atoms with Crippen LogP contribution in [0.4, 0.5) is 21.5 Å². The SMILES string of the molecule is O=C(Cn1c2c(sc1=O)[C@@H](c1cccnc1)C1C(=O)N(c3ccc([N+](=O)[O-])cc3)C(=O)C1S2)Nc1ccc(F)cc1. The van der Waals surface area contributed by atoms with Crippen LogP contribution in [0, 0.1) is 21.8 Å². The Morgan fingerprint density at radius 1 is 1.05 bits per heavy atom. The van der Waals surface area contributed by atoms with Gasteiger partial charge in [0, 0.05) is 41.0 Å². The molecule has 0 bridgehead atoms. The van der Waals surface area contributed by atoms with Crippen LogP contribution >= 0.6 is 23.1 Å². The summed E-state index contributed by atoms with van der Waals surface area (Å²) in [6.07, 6.45) is 3.14. The summed E-state index contributed by atoms with van der Waals surface area (Å²) in [5, 5.41) is 13.2. The summed E-state index contributed by atoms with van der Waals surface area (Å²) in [7, 11) is 0. The average molecular weight is 592 g/mol. The van der Waals surface area contributed by atoms with Gasteiger partial charge in [-0.2, -0.15) is 0 Å². The van der Waals surface area contributed by atoms with Gasteiger partial charge in [0.05, 0.1) is 21.6 Å². The van der Waals surface area contributed by atoms with E-state index in [-0.39, 0.29) is 17.9 Å². The van der Waals surface area contributed by atoms with Gasteiger partial charge < -0.3 is 5.32 Å². The molecule has 2 aromatic heterocycles. The van der Waals surface area contributed by atoms with E-state index in [0.29, 0.717) is 21.2 Å². The highest BCUT2D eigenvalue weighted by Gasteiger charge is 2.57. The minimum absolute atomic E-state index is 0.182. The van der Waals surface area contributed by atoms with Gasteiger partial charge in [0.25, 0.3) is 5.69 Å². The number of halogens is 1. The zero-order valence-corrected chi connectivity index (χ0v) is 22.4. The standard InChI is InChI=1S/C27H18FN5O6S2/c28-15-3-5-16(6-4-15)30-19(34)13-31-26-23(41-27(31)37)20(14-2-1-11-29-12-14)21-22(40-26)25(36)32(24(21)35)17-7-9-18(10-8-17)33(38)39/h1-12,20-22H,13H2,(H,30,34)/t20-,21?,22?/m0/s1. The number of rotatable bonds is 6. The van der Waals surface area contributed by atoms with Gasteiger partial charge in [-0.25, -0.2) is 9.29 Å². The molecule has 2 aromatic carbocycles. The molecular weight excluding hydrogens is 573 g/mol. The minimum atomic E-state index is -0.921. The molecule has 4 heterocycles. The molecule has 3 amide bonds. The molecule has 0 spiro atoms. The number of carbonyl (C=O) groups is 3. The van der Waals surface area contributed by atoms with Gasteiger partial charge in [0.15, 0.2) is 0 Å². The van der Waals surface area contributed by atoms with Gasteiger partial charge in [-0.1, -0.05) is 29.2 Å². The van der Waals surface area contributed by atoms with Crippen LogP contribution in [0.2, 0.25) is 0 Å². The summed E-state index contributed by atoms with van der Waals surface area (Å²) in [4.78, 5) is 69.4. The number of thioether (sulfide) groups is 1. The van der Waals surface area contributed by atoms with Crippen molar-refractivity contribution < 1.29 is 23.7 Å². The van der Waals surface area contributed by atoms with E-state index in [0.717, 1.165) is 28.0 Å². The van der Waals surface area contributed by atoms with Crippen molar-refractivity contribution in [1.29, 1.82) is 0 Å². The van der Waals surface area contributed by atoms with E-state index in [1.807, 2.05) is 0 Å². The van der Waals surface area contributed by atoms with E-state index >= 15 is 0 Å². The third kappa shape index (κ3) is 4.70. The first-order valence-corrected chi connectivity index (χ1v) is 13.9. The summed E-state index contributed by atoms with van der Waals surface area (Å²) in [5.74, 6) is -3.58. The average Bonchev–Trinajstić information content (AvgIpc) is 3.40. The first-order valence-electron chi connectivity index (χ1n) is 12.2. The second kappa shape index (κ2) is 10.4. The maximum atomic E-state index is 13.8. The summed E-state index contributed by atoms with van der Waals surface area (Å²) in [5.41, 5.74) is 0.993. The lowest BCUT2D eigenvalue weighted by Crippen LogP contribution is -2.33. The van der Waals surface area contributed by atoms with E-state index in [9.17, 15) is 33.7 Å². The fourth-order valence-corrected chi connectivity index (χ4v) is 7.80. The fraction of sp³-hybridized carbons (Fsp3) is 0.148. The van der Waals surface area contributed by atoms with E-state index in [1.54, 1.807) is 24.5 Å². The van der Waals surface area contributed by atoms with Gasteiger partial charge in [0.1, 0.15) is 17.6 Å². The summed E-state index contributed by atoms with van der Waals surface area (Å²) in [6, 6.07) is 13.8. The van der Waals surface area contributed by atoms with Crippen molar-refractivity contribution in [2.75, 3.05) is 10.2 Å². The van der Waals surface area contributed by atoms with Crippen molar-refractivity contribution >= 4 is 57.9 Å². The van der Waals surface area contributed by atoms with Crippen molar-refractivity contribution in [3.63, 3.8) is 0 Å². The Labute approximate surface area is 238 Å². The number of non-ortho nitro benzene ring substituents is 1. The van der Waals surface area contributed by atoms with Gasteiger partial charge >= 0.3 is 4.87 Å². The van der Waals surface area contributed by atoms with Gasteiger partial charge in [-0.3, -0.25) is 38.8 Å². The molecule has 2 aliphatic heterocycles. The first kappa shape index (κ1) is 26.5. The first-order chi connectivity index (χ1) is 19.7. The number of hydrogen-bond acceptors (Lipinski definition) is 9. The van der Waals surface area contributed by atoms with Crippen molar-refractivity contribution in [3.05, 3.63) is 109 Å². The molecule has 1 fully saturated rings. The lowest BCUT2D eigenvalue weighted by molar-refractivity contribution is -0.384. The topological polar surface area (TPSA) is 145 Å². The molecule has 1 N–H and O–H groups in total. The molecule has 11 nitrogen and oxygen atoms in total. The van der Waals surface area contributed by atoms with Crippen LogP contribution in [0.15, 0.2) is 82.9 Å². The number of pyridine rings is 1. The number of fused-ring (bicyclic) bond motifs is 2. The van der Waals surface area contributed by atoms with Gasteiger partial charge in [0.2, 0.25) is 17.7 Å². The highest BCUT2D eigenvalue weighted by molar-refractivity contribution is 8.00. The maximum Gasteiger partial charge on any atom is 0.308 e. The fourth-order valence-electron chi connectivity index (χ4n) is 5.03. The zero-order chi connectivity index (χ0) is 28.8. The Kier molecular flexibility index (Phi) is 6.71. The lowest BCUT2D eigenvalue weighted by Gasteiger charge is -2.30. The minimum Gasteiger partial charge on any atom is -0.325 e. The second-order valence-electron chi connectivity index (χ2n) is 9.29. The van der Waals surface area contributed by atoms with Crippen LogP contribution in [0.25, 0.3) is 0 Å². The Balaban J connectivity index is 1.38. The molecule has 0 saturated carbocycles. The molecule has 14 heteroatoms. The number of nitro benzene ring substituents is 1. The molecular formula is C27H18FN5O6S2. The Hall–Kier alpha value is -4.69. The van der Waals surface area contributed by atoms with Crippen LogP contribution in [0.5, 0.6) is 0 Å². The molecule has 206 valence electrons. The number of imide groups is 1. The molecule has 0 radical (unpaired) electrons. The second-order valence-corrected chi connectivity index (χ2v) is 11.4. The largest absolute Gasteiger partial charge is 0.325 e. The molecule has 41 heavy (non-hydrogen) atoms. The predicted octanol–water partition coefficient (Wildman–Crippen LogP) is 3.79. The van der Waals surface area contributed by atoms with Crippen LogP contribution in [0.1, 0.15) is 16.4 Å². The molecule has 2 aliphatic rings. The normalized spacial score (nSPS) is 19.5. The van der Waals surface area contributed by atoms with Crippen LogP contribution in [-0.4, -0.2) is 37.4 Å². The predicted molar refractivity (Wildman–Crippen MR) is 148 cm³/mol. The summed E-state index contributed by atoms with van der Waals surface area (Å²) in [6.45, 7) is -0.361. The molecule has 2 unspecified atom stereocenters. The van der Waals surface area contributed by atoms with Crippen LogP contribution < -0.4 is 15.1 Å². The highest BCUT2D eigenvalue weighted by atomic mass is 32.2. The number of aromatic nitrogens is 2. The monoisotopic (exact) mass is 591 g/mol.